The van der Waals surface area contributed by atoms with Crippen molar-refractivity contribution in [1.82, 2.24) is 4.90 Å². The molecular formula is C26H33ClN2O3S. The molecule has 1 aromatic carbocycles. The van der Waals surface area contributed by atoms with Crippen LogP contribution in [0.15, 0.2) is 24.3 Å². The van der Waals surface area contributed by atoms with Crippen LogP contribution in [-0.2, 0) is 17.6 Å². The molecule has 2 aliphatic rings. The van der Waals surface area contributed by atoms with E-state index >= 15 is 0 Å². The second-order valence-electron chi connectivity index (χ2n) is 10.4. The van der Waals surface area contributed by atoms with Crippen LogP contribution in [-0.4, -0.2) is 42.0 Å². The Balaban J connectivity index is 1.69. The van der Waals surface area contributed by atoms with Gasteiger partial charge in [0.1, 0.15) is 5.00 Å². The molecule has 1 aliphatic heterocycles. The molecule has 0 saturated carbocycles. The third kappa shape index (κ3) is 5.28. The lowest BCUT2D eigenvalue weighted by Crippen LogP contribution is -2.48. The monoisotopic (exact) mass is 488 g/mol. The molecule has 0 radical (unpaired) electrons. The minimum atomic E-state index is -0.226. The number of anilines is 1. The number of nitrogens with zero attached hydrogens (tertiary/aromatic N) is 1. The molecule has 33 heavy (non-hydrogen) atoms. The molecule has 2 heterocycles. The fourth-order valence-corrected chi connectivity index (χ4v) is 6.36. The fourth-order valence-electron chi connectivity index (χ4n) is 4.92. The first-order valence-corrected chi connectivity index (χ1v) is 12.9. The van der Waals surface area contributed by atoms with Crippen molar-refractivity contribution in [3.8, 4) is 0 Å². The molecule has 2 amide bonds. The molecule has 1 N–H and O–H groups in total. The first kappa shape index (κ1) is 24.2. The summed E-state index contributed by atoms with van der Waals surface area (Å²) in [5.74, 6) is 0.320. The lowest BCUT2D eigenvalue weighted by Gasteiger charge is -2.36. The largest absolute Gasteiger partial charge is 0.372 e. The molecule has 4 rings (SSSR count). The van der Waals surface area contributed by atoms with Crippen LogP contribution >= 0.6 is 22.9 Å². The Morgan fingerprint density at radius 3 is 2.36 bits per heavy atom. The van der Waals surface area contributed by atoms with Crippen molar-refractivity contribution >= 4 is 39.8 Å². The van der Waals surface area contributed by atoms with Crippen molar-refractivity contribution < 1.29 is 14.3 Å². The van der Waals surface area contributed by atoms with Crippen molar-refractivity contribution in [3.05, 3.63) is 50.9 Å². The van der Waals surface area contributed by atoms with Crippen molar-refractivity contribution in [1.29, 1.82) is 0 Å². The molecule has 1 saturated heterocycles. The second-order valence-corrected chi connectivity index (χ2v) is 12.0. The number of thiophene rings is 1. The standard InChI is InChI=1S/C26H33ClN2O3S/c1-15-13-29(14-16(2)32-15)25(31)22-20-11-8-18(26(3,4)5)12-21(20)33-24(22)28-23(30)17-6-9-19(27)10-7-17/h6-7,9-10,15-16,18H,8,11-14H2,1-5H3,(H,28,30)/t15-,16+,18-/m0/s1. The molecule has 7 heteroatoms. The summed E-state index contributed by atoms with van der Waals surface area (Å²) in [7, 11) is 0. The Hall–Kier alpha value is -1.89. The average Bonchev–Trinajstić information content (AvgIpc) is 3.09. The third-order valence-corrected chi connectivity index (χ3v) is 8.17. The van der Waals surface area contributed by atoms with Gasteiger partial charge in [-0.25, -0.2) is 0 Å². The van der Waals surface area contributed by atoms with E-state index in [1.54, 1.807) is 35.6 Å². The lowest BCUT2D eigenvalue weighted by molar-refractivity contribution is -0.0586. The zero-order valence-electron chi connectivity index (χ0n) is 20.0. The number of benzene rings is 1. The van der Waals surface area contributed by atoms with Gasteiger partial charge in [-0.05, 0) is 74.3 Å². The zero-order chi connectivity index (χ0) is 23.9. The molecule has 1 aliphatic carbocycles. The van der Waals surface area contributed by atoms with Crippen LogP contribution in [0.3, 0.4) is 0 Å². The summed E-state index contributed by atoms with van der Waals surface area (Å²) in [6.45, 7) is 11.9. The van der Waals surface area contributed by atoms with Crippen LogP contribution in [0.5, 0.6) is 0 Å². The normalized spacial score (nSPS) is 23.2. The van der Waals surface area contributed by atoms with Crippen molar-refractivity contribution in [2.45, 2.75) is 66.1 Å². The number of rotatable bonds is 3. The van der Waals surface area contributed by atoms with Gasteiger partial charge in [0, 0.05) is 28.6 Å². The van der Waals surface area contributed by atoms with Gasteiger partial charge in [0.25, 0.3) is 11.8 Å². The number of halogens is 1. The van der Waals surface area contributed by atoms with E-state index in [-0.39, 0.29) is 29.4 Å². The van der Waals surface area contributed by atoms with Gasteiger partial charge in [0.2, 0.25) is 0 Å². The van der Waals surface area contributed by atoms with E-state index in [1.165, 1.54) is 4.88 Å². The van der Waals surface area contributed by atoms with Gasteiger partial charge in [-0.15, -0.1) is 11.3 Å². The van der Waals surface area contributed by atoms with Gasteiger partial charge in [-0.3, -0.25) is 9.59 Å². The van der Waals surface area contributed by atoms with Gasteiger partial charge in [-0.2, -0.15) is 0 Å². The Bertz CT molecular complexity index is 1030. The van der Waals surface area contributed by atoms with Gasteiger partial charge < -0.3 is 15.0 Å². The topological polar surface area (TPSA) is 58.6 Å². The van der Waals surface area contributed by atoms with E-state index in [1.807, 2.05) is 18.7 Å². The molecule has 0 spiro atoms. The molecule has 2 aromatic rings. The number of amides is 2. The highest BCUT2D eigenvalue weighted by Gasteiger charge is 2.36. The maximum absolute atomic E-state index is 13.8. The van der Waals surface area contributed by atoms with Gasteiger partial charge >= 0.3 is 0 Å². The van der Waals surface area contributed by atoms with Crippen LogP contribution in [0.2, 0.25) is 5.02 Å². The number of carbonyl (C=O) groups is 2. The molecule has 0 unspecified atom stereocenters. The summed E-state index contributed by atoms with van der Waals surface area (Å²) in [5, 5.41) is 4.30. The summed E-state index contributed by atoms with van der Waals surface area (Å²) in [6, 6.07) is 6.81. The van der Waals surface area contributed by atoms with Gasteiger partial charge in [0.05, 0.1) is 17.8 Å². The Labute approximate surface area is 205 Å². The van der Waals surface area contributed by atoms with E-state index in [4.69, 9.17) is 16.3 Å². The minimum Gasteiger partial charge on any atom is -0.372 e. The second kappa shape index (κ2) is 9.40. The maximum atomic E-state index is 13.8. The number of nitrogens with one attached hydrogen (secondary N) is 1. The lowest BCUT2D eigenvalue weighted by atomic mass is 9.72. The number of ether oxygens (including phenoxy) is 1. The SMILES string of the molecule is C[C@@H]1CN(C(=O)c2c(NC(=O)c3ccc(Cl)cc3)sc3c2CC[C@H](C(C)(C)C)C3)C[C@H](C)O1. The van der Waals surface area contributed by atoms with Crippen LogP contribution in [0, 0.1) is 11.3 Å². The smallest absolute Gasteiger partial charge is 0.257 e. The quantitative estimate of drug-likeness (QED) is 0.571. The van der Waals surface area contributed by atoms with E-state index < -0.39 is 0 Å². The number of hydrogen-bond acceptors (Lipinski definition) is 4. The van der Waals surface area contributed by atoms with E-state index in [9.17, 15) is 9.59 Å². The van der Waals surface area contributed by atoms with E-state index in [2.05, 4.69) is 26.1 Å². The third-order valence-electron chi connectivity index (χ3n) is 6.74. The summed E-state index contributed by atoms with van der Waals surface area (Å²) in [5.41, 5.74) is 2.51. The zero-order valence-corrected chi connectivity index (χ0v) is 21.6. The Morgan fingerprint density at radius 2 is 1.76 bits per heavy atom. The Kier molecular flexibility index (Phi) is 6.90. The molecule has 3 atom stereocenters. The molecule has 1 aromatic heterocycles. The number of morpholine rings is 1. The number of fused-ring (bicyclic) bond motifs is 1. The van der Waals surface area contributed by atoms with Crippen molar-refractivity contribution in [2.24, 2.45) is 11.3 Å². The Morgan fingerprint density at radius 1 is 1.12 bits per heavy atom. The van der Waals surface area contributed by atoms with E-state index in [0.29, 0.717) is 40.2 Å². The molecule has 5 nitrogen and oxygen atoms in total. The predicted octanol–water partition coefficient (Wildman–Crippen LogP) is 6.05. The highest BCUT2D eigenvalue weighted by Crippen LogP contribution is 2.45. The average molecular weight is 489 g/mol. The highest BCUT2D eigenvalue weighted by atomic mass is 35.5. The van der Waals surface area contributed by atoms with Crippen LogP contribution in [0.1, 0.15) is 72.2 Å². The molecule has 1 fully saturated rings. The predicted molar refractivity (Wildman–Crippen MR) is 135 cm³/mol. The summed E-state index contributed by atoms with van der Waals surface area (Å²) >= 11 is 7.55. The summed E-state index contributed by atoms with van der Waals surface area (Å²) in [4.78, 5) is 29.9. The molecule has 0 bridgehead atoms. The maximum Gasteiger partial charge on any atom is 0.257 e. The molecule has 178 valence electrons. The van der Waals surface area contributed by atoms with E-state index in [0.717, 1.165) is 24.8 Å². The van der Waals surface area contributed by atoms with Crippen LogP contribution in [0.4, 0.5) is 5.00 Å². The van der Waals surface area contributed by atoms with Gasteiger partial charge in [-0.1, -0.05) is 32.4 Å². The minimum absolute atomic E-state index is 0.00452. The summed E-state index contributed by atoms with van der Waals surface area (Å²) < 4.78 is 5.84. The van der Waals surface area contributed by atoms with Crippen molar-refractivity contribution in [3.63, 3.8) is 0 Å². The number of carbonyl (C=O) groups excluding carboxylic acids is 2. The summed E-state index contributed by atoms with van der Waals surface area (Å²) in [6.07, 6.45) is 2.83. The fraction of sp³-hybridized carbons (Fsp3) is 0.538. The highest BCUT2D eigenvalue weighted by molar-refractivity contribution is 7.17. The van der Waals surface area contributed by atoms with Crippen molar-refractivity contribution in [2.75, 3.05) is 18.4 Å². The van der Waals surface area contributed by atoms with Crippen LogP contribution < -0.4 is 5.32 Å². The number of hydrogen-bond donors (Lipinski definition) is 1. The van der Waals surface area contributed by atoms with Gasteiger partial charge in [0.15, 0.2) is 0 Å². The van der Waals surface area contributed by atoms with Crippen LogP contribution in [0.25, 0.3) is 0 Å². The molecular weight excluding hydrogens is 456 g/mol. The first-order chi connectivity index (χ1) is 15.5. The first-order valence-electron chi connectivity index (χ1n) is 11.7.